The number of likely N-dealkylation sites (N-methyl/N-ethyl adjacent to an activating group) is 1. The summed E-state index contributed by atoms with van der Waals surface area (Å²) in [6.45, 7) is 0. The summed E-state index contributed by atoms with van der Waals surface area (Å²) in [7, 11) is 1.62. The highest BCUT2D eigenvalue weighted by Crippen LogP contribution is 2.33. The smallest absolute Gasteiger partial charge is 0.276 e. The molecule has 0 aliphatic carbocycles. The molecule has 1 aliphatic heterocycles. The number of aromatic nitrogens is 1. The lowest BCUT2D eigenvalue weighted by Crippen LogP contribution is -2.23. The molecule has 27 heavy (non-hydrogen) atoms. The number of para-hydroxylation sites is 1. The molecule has 2 heterocycles. The first-order valence-electron chi connectivity index (χ1n) is 7.74. The summed E-state index contributed by atoms with van der Waals surface area (Å²) in [6, 6.07) is 9.80. The Kier molecular flexibility index (Phi) is 5.68. The molecule has 1 aromatic heterocycles. The van der Waals surface area contributed by atoms with Gasteiger partial charge in [0.1, 0.15) is 5.69 Å². The number of amidine groups is 1. The summed E-state index contributed by atoms with van der Waals surface area (Å²) in [5.74, 6) is -0.217. The number of allylic oxidation sites excluding steroid dienone is 2. The Morgan fingerprint density at radius 3 is 2.81 bits per heavy atom. The van der Waals surface area contributed by atoms with E-state index in [9.17, 15) is 14.9 Å². The van der Waals surface area contributed by atoms with Gasteiger partial charge in [0.25, 0.3) is 11.6 Å². The molecule has 0 bridgehead atoms. The molecule has 1 fully saturated rings. The number of thioether (sulfide) groups is 1. The average Bonchev–Trinajstić information content (AvgIpc) is 2.92. The number of carbonyl (C=O) groups is 1. The summed E-state index contributed by atoms with van der Waals surface area (Å²) in [6.07, 6.45) is 6.36. The van der Waals surface area contributed by atoms with Gasteiger partial charge in [0.2, 0.25) is 0 Å². The fraction of sp³-hybridized carbons (Fsp3) is 0.0556. The lowest BCUT2D eigenvalue weighted by atomic mass is 10.1. The van der Waals surface area contributed by atoms with Crippen LogP contribution in [0.4, 0.5) is 11.4 Å². The van der Waals surface area contributed by atoms with Crippen molar-refractivity contribution in [2.24, 2.45) is 4.99 Å². The van der Waals surface area contributed by atoms with E-state index in [0.29, 0.717) is 21.3 Å². The first kappa shape index (κ1) is 18.8. The number of hydrogen-bond donors (Lipinski definition) is 0. The maximum Gasteiger partial charge on any atom is 0.276 e. The van der Waals surface area contributed by atoms with Crippen molar-refractivity contribution in [1.29, 1.82) is 0 Å². The van der Waals surface area contributed by atoms with Crippen molar-refractivity contribution < 1.29 is 9.72 Å². The number of nitro groups is 1. The maximum absolute atomic E-state index is 12.4. The molecule has 0 unspecified atom stereocenters. The average molecular weight is 401 g/mol. The normalized spacial score (nSPS) is 17.4. The SMILES string of the molecule is CN1C(=O)/C(=C/C=C/c2ccccc2[N+](=O)[O-])SC1=Nc1cccnc1Cl. The Hall–Kier alpha value is -2.97. The molecule has 1 amide bonds. The van der Waals surface area contributed by atoms with E-state index >= 15 is 0 Å². The number of nitrogens with zero attached hydrogens (tertiary/aromatic N) is 4. The molecule has 1 aromatic carbocycles. The van der Waals surface area contributed by atoms with Crippen LogP contribution in [0, 0.1) is 10.1 Å². The third-order valence-corrected chi connectivity index (χ3v) is 4.99. The van der Waals surface area contributed by atoms with Crippen LogP contribution in [0.15, 0.2) is 64.6 Å². The van der Waals surface area contributed by atoms with Crippen molar-refractivity contribution in [2.45, 2.75) is 0 Å². The van der Waals surface area contributed by atoms with Gasteiger partial charge in [-0.1, -0.05) is 29.8 Å². The van der Waals surface area contributed by atoms with Gasteiger partial charge in [0, 0.05) is 19.3 Å². The Morgan fingerprint density at radius 2 is 2.07 bits per heavy atom. The number of amides is 1. The Morgan fingerprint density at radius 1 is 1.30 bits per heavy atom. The summed E-state index contributed by atoms with van der Waals surface area (Å²) in [5, 5.41) is 11.8. The molecular formula is C18H13ClN4O3S. The van der Waals surface area contributed by atoms with Crippen molar-refractivity contribution >= 4 is 51.9 Å². The highest BCUT2D eigenvalue weighted by molar-refractivity contribution is 8.18. The van der Waals surface area contributed by atoms with Crippen LogP contribution in [0.1, 0.15) is 5.56 Å². The van der Waals surface area contributed by atoms with Crippen molar-refractivity contribution in [3.8, 4) is 0 Å². The highest BCUT2D eigenvalue weighted by Gasteiger charge is 2.30. The van der Waals surface area contributed by atoms with Gasteiger partial charge in [-0.3, -0.25) is 19.8 Å². The van der Waals surface area contributed by atoms with Crippen molar-refractivity contribution in [3.63, 3.8) is 0 Å². The Balaban J connectivity index is 1.83. The molecular weight excluding hydrogens is 388 g/mol. The van der Waals surface area contributed by atoms with Gasteiger partial charge in [0.05, 0.1) is 15.4 Å². The van der Waals surface area contributed by atoms with E-state index in [0.717, 1.165) is 0 Å². The fourth-order valence-electron chi connectivity index (χ4n) is 2.26. The van der Waals surface area contributed by atoms with E-state index in [1.54, 1.807) is 61.8 Å². The number of aliphatic imine (C=N–C) groups is 1. The zero-order valence-corrected chi connectivity index (χ0v) is 15.6. The van der Waals surface area contributed by atoms with E-state index in [1.807, 2.05) is 0 Å². The molecule has 1 aliphatic rings. The largest absolute Gasteiger partial charge is 0.290 e. The second kappa shape index (κ2) is 8.15. The van der Waals surface area contributed by atoms with E-state index in [-0.39, 0.29) is 16.7 Å². The van der Waals surface area contributed by atoms with Gasteiger partial charge in [-0.2, -0.15) is 0 Å². The number of benzene rings is 1. The van der Waals surface area contributed by atoms with Gasteiger partial charge in [-0.15, -0.1) is 0 Å². The second-order valence-corrected chi connectivity index (χ2v) is 6.75. The topological polar surface area (TPSA) is 88.7 Å². The van der Waals surface area contributed by atoms with E-state index < -0.39 is 4.92 Å². The number of pyridine rings is 1. The molecule has 0 spiro atoms. The van der Waals surface area contributed by atoms with Gasteiger partial charge in [0.15, 0.2) is 10.3 Å². The number of rotatable bonds is 4. The third kappa shape index (κ3) is 4.24. The number of nitro benzene ring substituents is 1. The fourth-order valence-corrected chi connectivity index (χ4v) is 3.36. The monoisotopic (exact) mass is 400 g/mol. The molecule has 9 heteroatoms. The standard InChI is InChI=1S/C18H13ClN4O3S/c1-22-17(24)15(27-18(22)21-13-8-5-11-20-16(13)19)10-4-7-12-6-2-3-9-14(12)23(25)26/h2-11H,1H3/b7-4+,15-10-,21-18?. The van der Waals surface area contributed by atoms with Crippen LogP contribution in [-0.2, 0) is 4.79 Å². The summed E-state index contributed by atoms with van der Waals surface area (Å²) >= 11 is 7.20. The molecule has 1 saturated heterocycles. The second-order valence-electron chi connectivity index (χ2n) is 5.38. The van der Waals surface area contributed by atoms with Crippen LogP contribution < -0.4 is 0 Å². The summed E-state index contributed by atoms with van der Waals surface area (Å²) < 4.78 is 0. The van der Waals surface area contributed by atoms with Gasteiger partial charge < -0.3 is 0 Å². The van der Waals surface area contributed by atoms with Gasteiger partial charge in [-0.25, -0.2) is 9.98 Å². The quantitative estimate of drug-likeness (QED) is 0.328. The third-order valence-electron chi connectivity index (χ3n) is 3.62. The van der Waals surface area contributed by atoms with Crippen LogP contribution in [-0.4, -0.2) is 32.9 Å². The Labute approximate surface area is 164 Å². The zero-order chi connectivity index (χ0) is 19.4. The minimum Gasteiger partial charge on any atom is -0.290 e. The molecule has 0 saturated carbocycles. The molecule has 0 atom stereocenters. The first-order chi connectivity index (χ1) is 13.0. The molecule has 3 rings (SSSR count). The van der Waals surface area contributed by atoms with Crippen LogP contribution in [0.5, 0.6) is 0 Å². The zero-order valence-electron chi connectivity index (χ0n) is 14.1. The van der Waals surface area contributed by atoms with Gasteiger partial charge in [-0.05, 0) is 42.1 Å². The number of hydrogen-bond acceptors (Lipinski definition) is 6. The Bertz CT molecular complexity index is 1000. The predicted octanol–water partition coefficient (Wildman–Crippen LogP) is 4.43. The molecule has 0 radical (unpaired) electrons. The van der Waals surface area contributed by atoms with Crippen molar-refractivity contribution in [3.05, 3.63) is 80.5 Å². The lowest BCUT2D eigenvalue weighted by molar-refractivity contribution is -0.385. The van der Waals surface area contributed by atoms with Crippen LogP contribution in [0.3, 0.4) is 0 Å². The molecule has 2 aromatic rings. The maximum atomic E-state index is 12.4. The van der Waals surface area contributed by atoms with E-state index in [2.05, 4.69) is 9.98 Å². The molecule has 136 valence electrons. The number of halogens is 1. The summed E-state index contributed by atoms with van der Waals surface area (Å²) in [4.78, 5) is 33.2. The minimum absolute atomic E-state index is 0.00291. The first-order valence-corrected chi connectivity index (χ1v) is 8.93. The number of carbonyl (C=O) groups excluding carboxylic acids is 1. The predicted molar refractivity (Wildman–Crippen MR) is 107 cm³/mol. The minimum atomic E-state index is -0.446. The van der Waals surface area contributed by atoms with Crippen LogP contribution in [0.2, 0.25) is 5.15 Å². The molecule has 7 nitrogen and oxygen atoms in total. The van der Waals surface area contributed by atoms with Crippen LogP contribution >= 0.6 is 23.4 Å². The van der Waals surface area contributed by atoms with Crippen molar-refractivity contribution in [2.75, 3.05) is 7.05 Å². The van der Waals surface area contributed by atoms with Crippen LogP contribution in [0.25, 0.3) is 6.08 Å². The molecule has 0 N–H and O–H groups in total. The van der Waals surface area contributed by atoms with E-state index in [4.69, 9.17) is 11.6 Å². The van der Waals surface area contributed by atoms with Gasteiger partial charge >= 0.3 is 0 Å². The van der Waals surface area contributed by atoms with Crippen molar-refractivity contribution in [1.82, 2.24) is 9.88 Å². The summed E-state index contributed by atoms with van der Waals surface area (Å²) in [5.41, 5.74) is 0.931. The van der Waals surface area contributed by atoms with E-state index in [1.165, 1.54) is 22.7 Å². The lowest BCUT2D eigenvalue weighted by Gasteiger charge is -2.07. The highest BCUT2D eigenvalue weighted by atomic mass is 35.5.